The number of aromatic amines is 1. The zero-order valence-corrected chi connectivity index (χ0v) is 19.5. The first-order valence-corrected chi connectivity index (χ1v) is 11.7. The first kappa shape index (κ1) is 22.6. The molecule has 1 aliphatic heterocycles. The third kappa shape index (κ3) is 5.02. The Balaban J connectivity index is 1.29. The van der Waals surface area contributed by atoms with E-state index in [0.717, 1.165) is 29.9 Å². The van der Waals surface area contributed by atoms with Gasteiger partial charge in [-0.1, -0.05) is 30.3 Å². The van der Waals surface area contributed by atoms with Gasteiger partial charge < -0.3 is 20.3 Å². The van der Waals surface area contributed by atoms with Gasteiger partial charge in [-0.15, -0.1) is 0 Å². The van der Waals surface area contributed by atoms with E-state index in [1.807, 2.05) is 49.4 Å². The molecule has 1 aromatic heterocycles. The van der Waals surface area contributed by atoms with Gasteiger partial charge in [0.05, 0.1) is 24.8 Å². The Kier molecular flexibility index (Phi) is 6.45. The summed E-state index contributed by atoms with van der Waals surface area (Å²) in [6, 6.07) is 22.4. The van der Waals surface area contributed by atoms with Crippen LogP contribution in [0.2, 0.25) is 0 Å². The highest BCUT2D eigenvalue weighted by Gasteiger charge is 2.17. The molecule has 1 saturated heterocycles. The second-order valence-electron chi connectivity index (χ2n) is 8.54. The van der Waals surface area contributed by atoms with Crippen LogP contribution in [0.3, 0.4) is 0 Å². The number of aromatic nitrogens is 2. The summed E-state index contributed by atoms with van der Waals surface area (Å²) in [5, 5.41) is 13.7. The fourth-order valence-electron chi connectivity index (χ4n) is 4.18. The summed E-state index contributed by atoms with van der Waals surface area (Å²) in [5.74, 6) is -0.0760. The molecule has 178 valence electrons. The Bertz CT molecular complexity index is 1330. The zero-order valence-electron chi connectivity index (χ0n) is 19.5. The lowest BCUT2D eigenvalue weighted by molar-refractivity contribution is 0.0939. The summed E-state index contributed by atoms with van der Waals surface area (Å²) in [5.41, 5.74) is 3.85. The van der Waals surface area contributed by atoms with Gasteiger partial charge in [-0.3, -0.25) is 14.7 Å². The summed E-state index contributed by atoms with van der Waals surface area (Å²) in [7, 11) is 0. The number of benzene rings is 3. The van der Waals surface area contributed by atoms with Gasteiger partial charge in [0.1, 0.15) is 0 Å². The van der Waals surface area contributed by atoms with E-state index in [1.54, 1.807) is 30.3 Å². The molecular formula is C27H27N5O3. The molecule has 8 heteroatoms. The predicted octanol–water partition coefficient (Wildman–Crippen LogP) is 4.14. The molecule has 2 heterocycles. The number of rotatable bonds is 6. The van der Waals surface area contributed by atoms with Gasteiger partial charge in [-0.25, -0.2) is 0 Å². The van der Waals surface area contributed by atoms with Crippen molar-refractivity contribution in [2.75, 3.05) is 36.5 Å². The fourth-order valence-corrected chi connectivity index (χ4v) is 4.18. The number of carbonyl (C=O) groups is 2. The van der Waals surface area contributed by atoms with Gasteiger partial charge in [0.2, 0.25) is 0 Å². The number of anilines is 2. The zero-order chi connectivity index (χ0) is 24.2. The Labute approximate surface area is 203 Å². The van der Waals surface area contributed by atoms with E-state index in [4.69, 9.17) is 4.74 Å². The van der Waals surface area contributed by atoms with Crippen LogP contribution in [0.15, 0.2) is 72.8 Å². The topological polar surface area (TPSA) is 99.3 Å². The molecule has 5 rings (SSSR count). The van der Waals surface area contributed by atoms with Crippen LogP contribution in [0.4, 0.5) is 11.5 Å². The minimum atomic E-state index is -0.264. The average Bonchev–Trinajstić information content (AvgIpc) is 3.31. The molecule has 1 atom stereocenters. The maximum atomic E-state index is 12.9. The minimum Gasteiger partial charge on any atom is -0.378 e. The van der Waals surface area contributed by atoms with Crippen molar-refractivity contribution in [3.63, 3.8) is 0 Å². The monoisotopic (exact) mass is 469 g/mol. The van der Waals surface area contributed by atoms with Crippen molar-refractivity contribution in [1.82, 2.24) is 15.5 Å². The molecule has 1 aliphatic rings. The van der Waals surface area contributed by atoms with Crippen LogP contribution in [-0.4, -0.2) is 48.3 Å². The maximum absolute atomic E-state index is 12.9. The van der Waals surface area contributed by atoms with Gasteiger partial charge in [-0.05, 0) is 55.0 Å². The van der Waals surface area contributed by atoms with Gasteiger partial charge in [0, 0.05) is 35.3 Å². The van der Waals surface area contributed by atoms with Crippen LogP contribution in [0.1, 0.15) is 39.2 Å². The smallest absolute Gasteiger partial charge is 0.256 e. The SMILES string of the molecule is CC(NC(=O)c1ccc2[nH]nc(NC(=O)c3ccc(N4CCOCC4)cc3)c2c1)c1ccccc1. The summed E-state index contributed by atoms with van der Waals surface area (Å²) < 4.78 is 5.40. The van der Waals surface area contributed by atoms with Crippen LogP contribution in [0.25, 0.3) is 10.9 Å². The average molecular weight is 470 g/mol. The summed E-state index contributed by atoms with van der Waals surface area (Å²) in [4.78, 5) is 28.0. The molecule has 3 aromatic carbocycles. The quantitative estimate of drug-likeness (QED) is 0.394. The number of carbonyl (C=O) groups excluding carboxylic acids is 2. The van der Waals surface area contributed by atoms with E-state index < -0.39 is 0 Å². The molecule has 35 heavy (non-hydrogen) atoms. The van der Waals surface area contributed by atoms with E-state index in [2.05, 4.69) is 25.7 Å². The predicted molar refractivity (Wildman–Crippen MR) is 136 cm³/mol. The molecule has 3 N–H and O–H groups in total. The molecule has 0 aliphatic carbocycles. The number of fused-ring (bicyclic) bond motifs is 1. The lowest BCUT2D eigenvalue weighted by Gasteiger charge is -2.28. The molecule has 0 bridgehead atoms. The van der Waals surface area contributed by atoms with Crippen molar-refractivity contribution in [3.8, 4) is 0 Å². The number of hydrogen-bond acceptors (Lipinski definition) is 5. The van der Waals surface area contributed by atoms with E-state index >= 15 is 0 Å². The number of morpholine rings is 1. The number of nitrogens with one attached hydrogen (secondary N) is 3. The lowest BCUT2D eigenvalue weighted by Crippen LogP contribution is -2.36. The normalized spacial score (nSPS) is 14.5. The van der Waals surface area contributed by atoms with Gasteiger partial charge in [0.25, 0.3) is 11.8 Å². The third-order valence-corrected chi connectivity index (χ3v) is 6.21. The van der Waals surface area contributed by atoms with Crippen molar-refractivity contribution in [1.29, 1.82) is 0 Å². The summed E-state index contributed by atoms with van der Waals surface area (Å²) >= 11 is 0. The number of H-pyrrole nitrogens is 1. The highest BCUT2D eigenvalue weighted by atomic mass is 16.5. The lowest BCUT2D eigenvalue weighted by atomic mass is 10.1. The first-order chi connectivity index (χ1) is 17.1. The first-order valence-electron chi connectivity index (χ1n) is 11.7. The van der Waals surface area contributed by atoms with Crippen LogP contribution >= 0.6 is 0 Å². The molecule has 1 unspecified atom stereocenters. The van der Waals surface area contributed by atoms with Crippen LogP contribution < -0.4 is 15.5 Å². The van der Waals surface area contributed by atoms with Crippen molar-refractivity contribution in [2.45, 2.75) is 13.0 Å². The molecule has 1 fully saturated rings. The molecule has 2 amide bonds. The molecule has 4 aromatic rings. The Hall–Kier alpha value is -4.17. The molecular weight excluding hydrogens is 442 g/mol. The van der Waals surface area contributed by atoms with E-state index in [9.17, 15) is 9.59 Å². The minimum absolute atomic E-state index is 0.136. The van der Waals surface area contributed by atoms with Crippen molar-refractivity contribution >= 4 is 34.2 Å². The fraction of sp³-hybridized carbons (Fsp3) is 0.222. The van der Waals surface area contributed by atoms with Gasteiger partial charge in [0.15, 0.2) is 5.82 Å². The van der Waals surface area contributed by atoms with Crippen LogP contribution in [0, 0.1) is 0 Å². The number of nitrogens with zero attached hydrogens (tertiary/aromatic N) is 2. The highest BCUT2D eigenvalue weighted by molar-refractivity contribution is 6.09. The molecule has 0 radical (unpaired) electrons. The number of ether oxygens (including phenoxy) is 1. The summed E-state index contributed by atoms with van der Waals surface area (Å²) in [6.45, 7) is 5.04. The van der Waals surface area contributed by atoms with Crippen LogP contribution in [-0.2, 0) is 4.74 Å². The molecule has 8 nitrogen and oxygen atoms in total. The summed E-state index contributed by atoms with van der Waals surface area (Å²) in [6.07, 6.45) is 0. The maximum Gasteiger partial charge on any atom is 0.256 e. The van der Waals surface area contributed by atoms with Crippen molar-refractivity contribution in [2.24, 2.45) is 0 Å². The van der Waals surface area contributed by atoms with Gasteiger partial charge in [-0.2, -0.15) is 5.10 Å². The second-order valence-corrected chi connectivity index (χ2v) is 8.54. The van der Waals surface area contributed by atoms with Crippen molar-refractivity contribution < 1.29 is 14.3 Å². The van der Waals surface area contributed by atoms with Gasteiger partial charge >= 0.3 is 0 Å². The third-order valence-electron chi connectivity index (χ3n) is 6.21. The Morgan fingerprint density at radius 1 is 0.943 bits per heavy atom. The van der Waals surface area contributed by atoms with E-state index in [1.165, 1.54) is 0 Å². The van der Waals surface area contributed by atoms with E-state index in [-0.39, 0.29) is 17.9 Å². The Morgan fingerprint density at radius 3 is 2.40 bits per heavy atom. The van der Waals surface area contributed by atoms with Crippen LogP contribution in [0.5, 0.6) is 0 Å². The number of amides is 2. The number of hydrogen-bond donors (Lipinski definition) is 3. The molecule has 0 saturated carbocycles. The highest BCUT2D eigenvalue weighted by Crippen LogP contribution is 2.24. The Morgan fingerprint density at radius 2 is 1.66 bits per heavy atom. The standard InChI is InChI=1S/C27H27N5O3/c1-18(19-5-3-2-4-6-19)28-27(34)21-9-12-24-23(17-21)25(31-30-24)29-26(33)20-7-10-22(11-8-20)32-13-15-35-16-14-32/h2-12,17-18H,13-16H2,1H3,(H,28,34)(H2,29,30,31,33). The second kappa shape index (κ2) is 9.99. The van der Waals surface area contributed by atoms with E-state index in [0.29, 0.717) is 35.5 Å². The molecule has 0 spiro atoms. The van der Waals surface area contributed by atoms with Crippen molar-refractivity contribution in [3.05, 3.63) is 89.5 Å². The largest absolute Gasteiger partial charge is 0.378 e.